The van der Waals surface area contributed by atoms with E-state index in [2.05, 4.69) is 22.9 Å². The molecule has 2 heterocycles. The van der Waals surface area contributed by atoms with Gasteiger partial charge in [-0.25, -0.2) is 0 Å². The van der Waals surface area contributed by atoms with E-state index in [1.54, 1.807) is 0 Å². The van der Waals surface area contributed by atoms with Crippen LogP contribution in [0.3, 0.4) is 0 Å². The van der Waals surface area contributed by atoms with Crippen molar-refractivity contribution in [3.05, 3.63) is 60.2 Å². The van der Waals surface area contributed by atoms with Crippen LogP contribution in [0.4, 0.5) is 11.4 Å². The molecule has 2 aliphatic rings. The van der Waals surface area contributed by atoms with Crippen molar-refractivity contribution in [3.63, 3.8) is 0 Å². The average Bonchev–Trinajstić information content (AvgIpc) is 3.10. The number of aryl methyl sites for hydroxylation is 1. The molecular formula is C21H22N4O2S3. The fourth-order valence-electron chi connectivity index (χ4n) is 3.37. The number of amides is 2. The first kappa shape index (κ1) is 21.2. The van der Waals surface area contributed by atoms with E-state index in [-0.39, 0.29) is 34.5 Å². The quantitative estimate of drug-likeness (QED) is 0.574. The standard InChI is InChI=1S/C21H22N4O2S3/c1-2-13-8-10-14(11-9-13)22-16(26)12-29-20-23-18-17(19(27)24-20)30-21(28)25(18)15-6-4-3-5-7-15/h3-11,17-18,20,23H,2,12H2,1H3,(H,22,26)(H,24,27). The van der Waals surface area contributed by atoms with Crippen molar-refractivity contribution < 1.29 is 9.59 Å². The molecule has 156 valence electrons. The van der Waals surface area contributed by atoms with Crippen molar-refractivity contribution in [2.24, 2.45) is 0 Å². The highest BCUT2D eigenvalue weighted by Crippen LogP contribution is 2.37. The molecule has 2 fully saturated rings. The topological polar surface area (TPSA) is 73.5 Å². The van der Waals surface area contributed by atoms with Crippen molar-refractivity contribution in [3.8, 4) is 0 Å². The Morgan fingerprint density at radius 2 is 1.93 bits per heavy atom. The normalized spacial score (nSPS) is 23.1. The highest BCUT2D eigenvalue weighted by Gasteiger charge is 2.47. The Morgan fingerprint density at radius 1 is 1.20 bits per heavy atom. The molecule has 0 aliphatic carbocycles. The Labute approximate surface area is 189 Å². The van der Waals surface area contributed by atoms with Gasteiger partial charge >= 0.3 is 0 Å². The summed E-state index contributed by atoms with van der Waals surface area (Å²) in [7, 11) is 0. The maximum absolute atomic E-state index is 12.6. The third kappa shape index (κ3) is 4.64. The molecule has 0 radical (unpaired) electrons. The monoisotopic (exact) mass is 458 g/mol. The number of hydrogen-bond acceptors (Lipinski definition) is 6. The third-order valence-electron chi connectivity index (χ3n) is 4.90. The second-order valence-electron chi connectivity index (χ2n) is 6.92. The van der Waals surface area contributed by atoms with Gasteiger partial charge in [-0.3, -0.25) is 14.9 Å². The SMILES string of the molecule is CCc1ccc(NC(=O)CSC2NC(=O)C3SC(=S)N(c4ccccc4)C3N2)cc1. The van der Waals surface area contributed by atoms with Crippen LogP contribution in [0.1, 0.15) is 12.5 Å². The van der Waals surface area contributed by atoms with E-state index < -0.39 is 0 Å². The number of hydrogen-bond donors (Lipinski definition) is 3. The van der Waals surface area contributed by atoms with E-state index in [1.807, 2.05) is 59.5 Å². The molecule has 2 aromatic rings. The van der Waals surface area contributed by atoms with E-state index in [1.165, 1.54) is 29.1 Å². The van der Waals surface area contributed by atoms with Crippen LogP contribution in [0.15, 0.2) is 54.6 Å². The van der Waals surface area contributed by atoms with Gasteiger partial charge in [0, 0.05) is 11.4 Å². The van der Waals surface area contributed by atoms with E-state index >= 15 is 0 Å². The number of carbonyl (C=O) groups is 2. The summed E-state index contributed by atoms with van der Waals surface area (Å²) in [6, 6.07) is 17.6. The Bertz CT molecular complexity index is 939. The number of anilines is 2. The van der Waals surface area contributed by atoms with E-state index in [0.29, 0.717) is 4.32 Å². The molecule has 2 aliphatic heterocycles. The number of nitrogens with one attached hydrogen (secondary N) is 3. The van der Waals surface area contributed by atoms with Crippen molar-refractivity contribution in [2.45, 2.75) is 30.3 Å². The fraction of sp³-hybridized carbons (Fsp3) is 0.286. The average molecular weight is 459 g/mol. The first-order valence-electron chi connectivity index (χ1n) is 9.67. The summed E-state index contributed by atoms with van der Waals surface area (Å²) in [6.07, 6.45) is 0.710. The van der Waals surface area contributed by atoms with Gasteiger partial charge in [0.05, 0.1) is 5.75 Å². The van der Waals surface area contributed by atoms with Crippen LogP contribution >= 0.6 is 35.7 Å². The first-order valence-corrected chi connectivity index (χ1v) is 12.0. The predicted octanol–water partition coefficient (Wildman–Crippen LogP) is 3.16. The second kappa shape index (κ2) is 9.38. The lowest BCUT2D eigenvalue weighted by Gasteiger charge is -2.36. The summed E-state index contributed by atoms with van der Waals surface area (Å²) < 4.78 is 0.665. The van der Waals surface area contributed by atoms with Crippen LogP contribution in [0.5, 0.6) is 0 Å². The van der Waals surface area contributed by atoms with E-state index in [0.717, 1.165) is 17.8 Å². The molecule has 30 heavy (non-hydrogen) atoms. The Morgan fingerprint density at radius 3 is 2.63 bits per heavy atom. The number of thiocarbonyl (C=S) groups is 1. The lowest BCUT2D eigenvalue weighted by molar-refractivity contribution is -0.122. The molecule has 6 nitrogen and oxygen atoms in total. The van der Waals surface area contributed by atoms with Crippen molar-refractivity contribution in [1.82, 2.24) is 10.6 Å². The van der Waals surface area contributed by atoms with Crippen molar-refractivity contribution in [2.75, 3.05) is 16.0 Å². The van der Waals surface area contributed by atoms with Gasteiger partial charge in [0.15, 0.2) is 0 Å². The molecule has 2 amide bonds. The number of para-hydroxylation sites is 1. The minimum absolute atomic E-state index is 0.0717. The minimum Gasteiger partial charge on any atom is -0.331 e. The predicted molar refractivity (Wildman–Crippen MR) is 129 cm³/mol. The summed E-state index contributed by atoms with van der Waals surface area (Å²) in [6.45, 7) is 2.09. The highest BCUT2D eigenvalue weighted by atomic mass is 32.2. The Hall–Kier alpha value is -2.07. The number of thioether (sulfide) groups is 2. The molecule has 3 unspecified atom stereocenters. The van der Waals surface area contributed by atoms with Gasteiger partial charge in [-0.1, -0.05) is 61.2 Å². The summed E-state index contributed by atoms with van der Waals surface area (Å²) in [5, 5.41) is 8.95. The van der Waals surface area contributed by atoms with Crippen LogP contribution in [-0.2, 0) is 16.0 Å². The van der Waals surface area contributed by atoms with E-state index in [9.17, 15) is 9.59 Å². The minimum atomic E-state index is -0.375. The highest BCUT2D eigenvalue weighted by molar-refractivity contribution is 8.24. The first-order chi connectivity index (χ1) is 14.5. The zero-order valence-electron chi connectivity index (χ0n) is 16.3. The largest absolute Gasteiger partial charge is 0.331 e. The lowest BCUT2D eigenvalue weighted by atomic mass is 10.1. The third-order valence-corrected chi connectivity index (χ3v) is 7.53. The zero-order chi connectivity index (χ0) is 21.1. The molecule has 0 spiro atoms. The summed E-state index contributed by atoms with van der Waals surface area (Å²) in [4.78, 5) is 27.0. The number of nitrogens with zero attached hydrogens (tertiary/aromatic N) is 1. The molecule has 4 rings (SSSR count). The van der Waals surface area contributed by atoms with Crippen molar-refractivity contribution >= 4 is 63.3 Å². The van der Waals surface area contributed by atoms with Crippen LogP contribution in [0.25, 0.3) is 0 Å². The van der Waals surface area contributed by atoms with Gasteiger partial charge in [-0.05, 0) is 36.2 Å². The van der Waals surface area contributed by atoms with Crippen molar-refractivity contribution in [1.29, 1.82) is 0 Å². The maximum atomic E-state index is 12.6. The lowest BCUT2D eigenvalue weighted by Crippen LogP contribution is -2.64. The van der Waals surface area contributed by atoms with Gasteiger partial charge < -0.3 is 15.5 Å². The molecule has 0 bridgehead atoms. The summed E-state index contributed by atoms with van der Waals surface area (Å²) >= 11 is 8.26. The Kier molecular flexibility index (Phi) is 6.62. The number of fused-ring (bicyclic) bond motifs is 1. The van der Waals surface area contributed by atoms with Gasteiger partial charge in [0.25, 0.3) is 0 Å². The molecule has 2 saturated heterocycles. The number of carbonyl (C=O) groups excluding carboxylic acids is 2. The maximum Gasteiger partial charge on any atom is 0.238 e. The molecule has 3 N–H and O–H groups in total. The second-order valence-corrected chi connectivity index (χ2v) is 9.79. The van der Waals surface area contributed by atoms with E-state index in [4.69, 9.17) is 12.2 Å². The smallest absolute Gasteiger partial charge is 0.238 e. The molecule has 0 aromatic heterocycles. The van der Waals surface area contributed by atoms with Gasteiger partial charge in [-0.15, -0.1) is 11.8 Å². The molecule has 3 atom stereocenters. The van der Waals surface area contributed by atoms with Gasteiger partial charge in [0.1, 0.15) is 21.2 Å². The van der Waals surface area contributed by atoms with Crippen LogP contribution in [0, 0.1) is 0 Å². The summed E-state index contributed by atoms with van der Waals surface area (Å²) in [5.74, 6) is 0.0320. The van der Waals surface area contributed by atoms with Gasteiger partial charge in [-0.2, -0.15) is 0 Å². The summed E-state index contributed by atoms with van der Waals surface area (Å²) in [5.41, 5.74) is 2.56. The van der Waals surface area contributed by atoms with Crippen LogP contribution < -0.4 is 20.9 Å². The fourth-order valence-corrected chi connectivity index (χ4v) is 5.78. The molecule has 9 heteroatoms. The zero-order valence-corrected chi connectivity index (χ0v) is 18.8. The number of rotatable bonds is 6. The van der Waals surface area contributed by atoms with Crippen LogP contribution in [-0.4, -0.2) is 38.8 Å². The number of benzene rings is 2. The molecular weight excluding hydrogens is 436 g/mol. The van der Waals surface area contributed by atoms with Gasteiger partial charge in [0.2, 0.25) is 11.8 Å². The Balaban J connectivity index is 1.37. The molecule has 2 aromatic carbocycles. The molecule has 0 saturated carbocycles. The van der Waals surface area contributed by atoms with Crippen LogP contribution in [0.2, 0.25) is 0 Å².